The van der Waals surface area contributed by atoms with Crippen molar-refractivity contribution in [1.29, 1.82) is 0 Å². The molecule has 10 nitrogen and oxygen atoms in total. The monoisotopic (exact) mass is 534 g/mol. The zero-order valence-corrected chi connectivity index (χ0v) is 23.6. The maximum absolute atomic E-state index is 12.8. The molecular weight excluding hydrogens is 496 g/mol. The lowest BCUT2D eigenvalue weighted by Crippen LogP contribution is -2.70. The molecule has 3 aromatic rings. The van der Waals surface area contributed by atoms with Crippen LogP contribution in [0.15, 0.2) is 42.6 Å². The van der Waals surface area contributed by atoms with Crippen molar-refractivity contribution in [2.75, 3.05) is 32.8 Å². The molecule has 1 N–H and O–H groups in total. The van der Waals surface area contributed by atoms with Gasteiger partial charge in [-0.25, -0.2) is 19.1 Å². The van der Waals surface area contributed by atoms with E-state index in [1.807, 2.05) is 65.1 Å². The average Bonchev–Trinajstić information content (AvgIpc) is 3.43. The highest BCUT2D eigenvalue weighted by Gasteiger charge is 2.53. The van der Waals surface area contributed by atoms with Gasteiger partial charge in [-0.15, -0.1) is 0 Å². The average molecular weight is 535 g/mol. The minimum absolute atomic E-state index is 0.0743. The molecule has 1 spiro atoms. The highest BCUT2D eigenvalue weighted by molar-refractivity contribution is 5.80. The molecule has 208 valence electrons. The maximum atomic E-state index is 12.8. The number of urea groups is 1. The Labute approximate surface area is 229 Å². The number of ether oxygens (including phenoxy) is 2. The third kappa shape index (κ3) is 5.79. The molecule has 10 heteroatoms. The summed E-state index contributed by atoms with van der Waals surface area (Å²) < 4.78 is 13.3. The fourth-order valence-electron chi connectivity index (χ4n) is 5.18. The van der Waals surface area contributed by atoms with Gasteiger partial charge in [-0.3, -0.25) is 0 Å². The quantitative estimate of drug-likeness (QED) is 0.484. The Morgan fingerprint density at radius 3 is 2.54 bits per heavy atom. The smallest absolute Gasteiger partial charge is 0.410 e. The zero-order valence-electron chi connectivity index (χ0n) is 23.6. The first-order valence-electron chi connectivity index (χ1n) is 13.5. The van der Waals surface area contributed by atoms with Crippen LogP contribution in [0.1, 0.15) is 63.4 Å². The van der Waals surface area contributed by atoms with Crippen LogP contribution in [0.4, 0.5) is 9.59 Å². The van der Waals surface area contributed by atoms with Crippen LogP contribution in [0.2, 0.25) is 0 Å². The number of rotatable bonds is 7. The second-order valence-electron chi connectivity index (χ2n) is 12.0. The SMILES string of the molecule is Cc1cc(OCC(C)c2ccccc2)cn2nc(C(C)CN3CC4(CN(C(=O)OC(C)(C)C)C4)NC3=O)nc12. The Kier molecular flexibility index (Phi) is 6.90. The van der Waals surface area contributed by atoms with E-state index in [1.54, 1.807) is 14.3 Å². The molecule has 39 heavy (non-hydrogen) atoms. The van der Waals surface area contributed by atoms with Gasteiger partial charge >= 0.3 is 12.1 Å². The highest BCUT2D eigenvalue weighted by atomic mass is 16.6. The summed E-state index contributed by atoms with van der Waals surface area (Å²) >= 11 is 0. The summed E-state index contributed by atoms with van der Waals surface area (Å²) in [7, 11) is 0. The number of aryl methyl sites for hydroxylation is 1. The molecule has 0 radical (unpaired) electrons. The summed E-state index contributed by atoms with van der Waals surface area (Å²) in [5.74, 6) is 1.60. The number of nitrogens with one attached hydrogen (secondary N) is 1. The van der Waals surface area contributed by atoms with E-state index in [2.05, 4.69) is 24.4 Å². The minimum atomic E-state index is -0.548. The number of carbonyl (C=O) groups excluding carboxylic acids is 2. The van der Waals surface area contributed by atoms with Gasteiger partial charge in [-0.1, -0.05) is 44.2 Å². The van der Waals surface area contributed by atoms with E-state index >= 15 is 0 Å². The molecule has 2 aliphatic rings. The van der Waals surface area contributed by atoms with Crippen molar-refractivity contribution in [3.8, 4) is 5.75 Å². The van der Waals surface area contributed by atoms with Crippen LogP contribution in [-0.4, -0.2) is 80.4 Å². The van der Waals surface area contributed by atoms with E-state index in [9.17, 15) is 9.59 Å². The molecule has 5 rings (SSSR count). The molecule has 0 saturated carbocycles. The largest absolute Gasteiger partial charge is 0.491 e. The fourth-order valence-corrected chi connectivity index (χ4v) is 5.18. The van der Waals surface area contributed by atoms with Gasteiger partial charge in [0, 0.05) is 24.9 Å². The molecule has 2 saturated heterocycles. The van der Waals surface area contributed by atoms with Crippen LogP contribution in [0.5, 0.6) is 5.75 Å². The summed E-state index contributed by atoms with van der Waals surface area (Å²) in [5, 5.41) is 7.80. The number of amides is 3. The number of pyridine rings is 1. The van der Waals surface area contributed by atoms with Gasteiger partial charge in [0.2, 0.25) is 0 Å². The van der Waals surface area contributed by atoms with Crippen molar-refractivity contribution < 1.29 is 19.1 Å². The number of hydrogen-bond acceptors (Lipinski definition) is 6. The summed E-state index contributed by atoms with van der Waals surface area (Å²) in [6.45, 7) is 14.1. The number of hydrogen-bond donors (Lipinski definition) is 1. The lowest BCUT2D eigenvalue weighted by molar-refractivity contribution is -0.0109. The van der Waals surface area contributed by atoms with Gasteiger partial charge in [-0.2, -0.15) is 5.10 Å². The molecule has 0 aliphatic carbocycles. The van der Waals surface area contributed by atoms with Gasteiger partial charge in [0.15, 0.2) is 11.5 Å². The Balaban J connectivity index is 1.20. The van der Waals surface area contributed by atoms with Crippen molar-refractivity contribution >= 4 is 17.8 Å². The van der Waals surface area contributed by atoms with Crippen molar-refractivity contribution in [1.82, 2.24) is 29.7 Å². The molecule has 4 heterocycles. The standard InChI is InChI=1S/C29H38N6O4/c1-19-12-23(38-15-21(3)22-10-8-7-9-11-22)14-35-25(19)30-24(32-35)20(2)13-33-16-29(31-26(33)36)17-34(18-29)27(37)39-28(4,5)6/h7-12,14,20-21H,13,15-18H2,1-6H3,(H,31,36). The first kappa shape index (κ1) is 26.8. The zero-order chi connectivity index (χ0) is 27.9. The van der Waals surface area contributed by atoms with Crippen LogP contribution < -0.4 is 10.1 Å². The Bertz CT molecular complexity index is 1360. The van der Waals surface area contributed by atoms with E-state index in [-0.39, 0.29) is 24.0 Å². The molecule has 2 aromatic heterocycles. The summed E-state index contributed by atoms with van der Waals surface area (Å²) in [5.41, 5.74) is 2.00. The van der Waals surface area contributed by atoms with Gasteiger partial charge in [0.25, 0.3) is 0 Å². The van der Waals surface area contributed by atoms with E-state index in [1.165, 1.54) is 5.56 Å². The Hall–Kier alpha value is -3.82. The molecule has 2 unspecified atom stereocenters. The number of benzene rings is 1. The Morgan fingerprint density at radius 2 is 1.85 bits per heavy atom. The van der Waals surface area contributed by atoms with Crippen LogP contribution in [0.25, 0.3) is 5.65 Å². The van der Waals surface area contributed by atoms with Crippen molar-refractivity contribution in [3.05, 3.63) is 59.5 Å². The van der Waals surface area contributed by atoms with Crippen LogP contribution >= 0.6 is 0 Å². The molecule has 2 aliphatic heterocycles. The molecular formula is C29H38N6O4. The summed E-state index contributed by atoms with van der Waals surface area (Å²) in [4.78, 5) is 33.3. The van der Waals surface area contributed by atoms with Crippen molar-refractivity contribution in [2.45, 2.75) is 64.5 Å². The second kappa shape index (κ2) is 10.1. The molecule has 3 amide bonds. The van der Waals surface area contributed by atoms with E-state index in [0.717, 1.165) is 17.0 Å². The summed E-state index contributed by atoms with van der Waals surface area (Å²) in [6.07, 6.45) is 1.51. The maximum Gasteiger partial charge on any atom is 0.410 e. The normalized spacial score (nSPS) is 18.2. The molecule has 1 aromatic carbocycles. The predicted octanol–water partition coefficient (Wildman–Crippen LogP) is 4.34. The van der Waals surface area contributed by atoms with Gasteiger partial charge in [0.05, 0.1) is 31.4 Å². The van der Waals surface area contributed by atoms with E-state index in [0.29, 0.717) is 38.6 Å². The number of carbonyl (C=O) groups is 2. The number of likely N-dealkylation sites (tertiary alicyclic amines) is 1. The summed E-state index contributed by atoms with van der Waals surface area (Å²) in [6, 6.07) is 12.2. The number of nitrogens with zero attached hydrogens (tertiary/aromatic N) is 5. The predicted molar refractivity (Wildman–Crippen MR) is 147 cm³/mol. The lowest BCUT2D eigenvalue weighted by Gasteiger charge is -2.47. The first-order chi connectivity index (χ1) is 18.4. The lowest BCUT2D eigenvalue weighted by atomic mass is 9.91. The van der Waals surface area contributed by atoms with Crippen LogP contribution in [-0.2, 0) is 4.74 Å². The second-order valence-corrected chi connectivity index (χ2v) is 12.0. The first-order valence-corrected chi connectivity index (χ1v) is 13.5. The van der Waals surface area contributed by atoms with Gasteiger partial charge < -0.3 is 24.6 Å². The molecule has 2 atom stereocenters. The number of aromatic nitrogens is 3. The van der Waals surface area contributed by atoms with Crippen LogP contribution in [0, 0.1) is 6.92 Å². The topological polar surface area (TPSA) is 101 Å². The van der Waals surface area contributed by atoms with Crippen molar-refractivity contribution in [3.63, 3.8) is 0 Å². The van der Waals surface area contributed by atoms with Crippen molar-refractivity contribution in [2.24, 2.45) is 0 Å². The third-order valence-corrected chi connectivity index (χ3v) is 7.20. The van der Waals surface area contributed by atoms with Crippen LogP contribution in [0.3, 0.4) is 0 Å². The minimum Gasteiger partial charge on any atom is -0.491 e. The third-order valence-electron chi connectivity index (χ3n) is 7.20. The fraction of sp³-hybridized carbons (Fsp3) is 0.517. The number of fused-ring (bicyclic) bond motifs is 1. The van der Waals surface area contributed by atoms with Gasteiger partial charge in [0.1, 0.15) is 11.4 Å². The van der Waals surface area contributed by atoms with E-state index in [4.69, 9.17) is 19.6 Å². The molecule has 2 fully saturated rings. The van der Waals surface area contributed by atoms with Gasteiger partial charge in [-0.05, 0) is 44.9 Å². The van der Waals surface area contributed by atoms with E-state index < -0.39 is 11.1 Å². The Morgan fingerprint density at radius 1 is 1.13 bits per heavy atom. The molecule has 0 bridgehead atoms. The highest BCUT2D eigenvalue weighted by Crippen LogP contribution is 2.30.